The van der Waals surface area contributed by atoms with Crippen LogP contribution in [0.1, 0.15) is 19.7 Å². The van der Waals surface area contributed by atoms with Gasteiger partial charge in [-0.2, -0.15) is 0 Å². The molecule has 5 nitrogen and oxygen atoms in total. The van der Waals surface area contributed by atoms with E-state index in [9.17, 15) is 4.79 Å². The summed E-state index contributed by atoms with van der Waals surface area (Å²) in [7, 11) is 0. The van der Waals surface area contributed by atoms with Gasteiger partial charge in [-0.05, 0) is 17.4 Å². The van der Waals surface area contributed by atoms with Gasteiger partial charge in [0.1, 0.15) is 0 Å². The number of nitrogens with zero attached hydrogens (tertiary/aromatic N) is 4. The summed E-state index contributed by atoms with van der Waals surface area (Å²) in [4.78, 5) is 10.9. The number of aryl methyl sites for hydroxylation is 1. The number of carbonyl (C=O) groups excluding carboxylic acids is 1. The Morgan fingerprint density at radius 3 is 2.92 bits per heavy atom. The van der Waals surface area contributed by atoms with Crippen molar-refractivity contribution in [3.63, 3.8) is 0 Å². The summed E-state index contributed by atoms with van der Waals surface area (Å²) in [5, 5.41) is 11.0. The lowest BCUT2D eigenvalue weighted by atomic mass is 10.1. The molecule has 1 rings (SSSR count). The lowest BCUT2D eigenvalue weighted by molar-refractivity contribution is -0.113. The second-order valence-electron chi connectivity index (χ2n) is 2.85. The molecule has 0 aliphatic heterocycles. The third-order valence-electron chi connectivity index (χ3n) is 1.82. The molecule has 0 aromatic carbocycles. The van der Waals surface area contributed by atoms with Crippen molar-refractivity contribution in [3.05, 3.63) is 5.82 Å². The van der Waals surface area contributed by atoms with Crippen molar-refractivity contribution < 1.29 is 4.79 Å². The van der Waals surface area contributed by atoms with Gasteiger partial charge in [-0.3, -0.25) is 4.79 Å². The van der Waals surface area contributed by atoms with E-state index in [1.807, 2.05) is 13.8 Å². The minimum Gasteiger partial charge on any atom is -0.287 e. The van der Waals surface area contributed by atoms with Gasteiger partial charge < -0.3 is 0 Å². The molecule has 0 spiro atoms. The summed E-state index contributed by atoms with van der Waals surface area (Å²) in [6, 6.07) is 0. The zero-order valence-corrected chi connectivity index (χ0v) is 8.53. The summed E-state index contributed by atoms with van der Waals surface area (Å²) in [5.41, 5.74) is 0. The van der Waals surface area contributed by atoms with Crippen LogP contribution in [-0.2, 0) is 17.8 Å². The van der Waals surface area contributed by atoms with E-state index in [1.165, 1.54) is 0 Å². The number of tetrazole rings is 1. The van der Waals surface area contributed by atoms with Crippen LogP contribution < -0.4 is 0 Å². The van der Waals surface area contributed by atoms with E-state index >= 15 is 0 Å². The topological polar surface area (TPSA) is 60.7 Å². The Morgan fingerprint density at radius 2 is 2.38 bits per heavy atom. The number of hydrogen-bond acceptors (Lipinski definition) is 4. The molecule has 0 bridgehead atoms. The first-order chi connectivity index (χ1) is 6.15. The van der Waals surface area contributed by atoms with Gasteiger partial charge in [0.15, 0.2) is 10.9 Å². The van der Waals surface area contributed by atoms with Crippen LogP contribution in [0.2, 0.25) is 0 Å². The standard InChI is InChI=1S/C7H12N4OS/c1-3-11-6(8-9-10-11)4-5(2)7(12)13/h5H,3-4H2,1-2H3,(H,12,13). The molecule has 0 radical (unpaired) electrons. The van der Waals surface area contributed by atoms with Gasteiger partial charge in [-0.25, -0.2) is 4.68 Å². The third kappa shape index (κ3) is 2.51. The first-order valence-electron chi connectivity index (χ1n) is 4.13. The first kappa shape index (κ1) is 10.2. The van der Waals surface area contributed by atoms with Gasteiger partial charge in [0, 0.05) is 18.9 Å². The van der Waals surface area contributed by atoms with Gasteiger partial charge in [-0.1, -0.05) is 6.92 Å². The Kier molecular flexibility index (Phi) is 3.41. The maximum Gasteiger partial charge on any atom is 0.189 e. The van der Waals surface area contributed by atoms with Crippen LogP contribution in [-0.4, -0.2) is 25.3 Å². The second kappa shape index (κ2) is 4.36. The third-order valence-corrected chi connectivity index (χ3v) is 2.26. The molecule has 0 fully saturated rings. The SMILES string of the molecule is CCn1nnnc1CC(C)C(=O)S. The van der Waals surface area contributed by atoms with Gasteiger partial charge >= 0.3 is 0 Å². The molecule has 1 aromatic rings. The van der Waals surface area contributed by atoms with Gasteiger partial charge in [0.05, 0.1) is 0 Å². The molecule has 13 heavy (non-hydrogen) atoms. The zero-order valence-electron chi connectivity index (χ0n) is 7.64. The number of hydrogen-bond donors (Lipinski definition) is 1. The Bertz CT molecular complexity index is 298. The Balaban J connectivity index is 2.68. The summed E-state index contributed by atoms with van der Waals surface area (Å²) >= 11 is 3.75. The van der Waals surface area contributed by atoms with E-state index in [2.05, 4.69) is 28.2 Å². The number of rotatable bonds is 4. The Labute approximate surface area is 81.9 Å². The first-order valence-corrected chi connectivity index (χ1v) is 4.57. The molecule has 0 aliphatic rings. The molecule has 1 unspecified atom stereocenters. The molecule has 0 aliphatic carbocycles. The highest BCUT2D eigenvalue weighted by atomic mass is 32.1. The van der Waals surface area contributed by atoms with Crippen LogP contribution in [0.3, 0.4) is 0 Å². The fraction of sp³-hybridized carbons (Fsp3) is 0.714. The van der Waals surface area contributed by atoms with Crippen LogP contribution in [0.15, 0.2) is 0 Å². The minimum absolute atomic E-state index is 0.134. The van der Waals surface area contributed by atoms with Gasteiger partial charge in [0.2, 0.25) is 0 Å². The fourth-order valence-corrected chi connectivity index (χ4v) is 1.07. The number of thiol groups is 1. The average Bonchev–Trinajstić information content (AvgIpc) is 2.51. The highest BCUT2D eigenvalue weighted by Gasteiger charge is 2.13. The van der Waals surface area contributed by atoms with E-state index in [1.54, 1.807) is 4.68 Å². The van der Waals surface area contributed by atoms with E-state index in [0.717, 1.165) is 12.4 Å². The highest BCUT2D eigenvalue weighted by molar-refractivity contribution is 7.96. The number of aromatic nitrogens is 4. The van der Waals surface area contributed by atoms with E-state index in [-0.39, 0.29) is 11.0 Å². The van der Waals surface area contributed by atoms with Gasteiger partial charge in [-0.15, -0.1) is 17.7 Å². The average molecular weight is 200 g/mol. The minimum atomic E-state index is -0.139. The Hall–Kier alpha value is -0.910. The van der Waals surface area contributed by atoms with Crippen LogP contribution in [0.5, 0.6) is 0 Å². The highest BCUT2D eigenvalue weighted by Crippen LogP contribution is 2.07. The van der Waals surface area contributed by atoms with Crippen LogP contribution in [0.25, 0.3) is 0 Å². The lowest BCUT2D eigenvalue weighted by Gasteiger charge is -2.05. The molecular formula is C7H12N4OS. The van der Waals surface area contributed by atoms with E-state index in [0.29, 0.717) is 6.42 Å². The van der Waals surface area contributed by atoms with Crippen molar-refractivity contribution >= 4 is 17.7 Å². The summed E-state index contributed by atoms with van der Waals surface area (Å²) < 4.78 is 1.67. The van der Waals surface area contributed by atoms with E-state index in [4.69, 9.17) is 0 Å². The molecular weight excluding hydrogens is 188 g/mol. The molecule has 1 heterocycles. The molecule has 0 amide bonds. The van der Waals surface area contributed by atoms with Crippen molar-refractivity contribution in [2.24, 2.45) is 5.92 Å². The molecule has 1 aromatic heterocycles. The van der Waals surface area contributed by atoms with Crippen LogP contribution in [0, 0.1) is 5.92 Å². The summed E-state index contributed by atoms with van der Waals surface area (Å²) in [6.45, 7) is 4.48. The molecule has 72 valence electrons. The fourth-order valence-electron chi connectivity index (χ4n) is 0.976. The van der Waals surface area contributed by atoms with Crippen molar-refractivity contribution in [1.29, 1.82) is 0 Å². The Morgan fingerprint density at radius 1 is 1.69 bits per heavy atom. The lowest BCUT2D eigenvalue weighted by Crippen LogP contribution is -2.12. The van der Waals surface area contributed by atoms with E-state index < -0.39 is 0 Å². The van der Waals surface area contributed by atoms with Crippen LogP contribution >= 0.6 is 12.6 Å². The summed E-state index contributed by atoms with van der Waals surface area (Å²) in [6.07, 6.45) is 0.545. The predicted octanol–water partition coefficient (Wildman–Crippen LogP) is 0.328. The van der Waals surface area contributed by atoms with Gasteiger partial charge in [0.25, 0.3) is 0 Å². The monoisotopic (exact) mass is 200 g/mol. The normalized spacial score (nSPS) is 12.8. The molecule has 0 saturated heterocycles. The quantitative estimate of drug-likeness (QED) is 0.711. The van der Waals surface area contributed by atoms with Crippen molar-refractivity contribution in [2.45, 2.75) is 26.8 Å². The maximum absolute atomic E-state index is 10.9. The second-order valence-corrected chi connectivity index (χ2v) is 3.30. The molecule has 0 N–H and O–H groups in total. The van der Waals surface area contributed by atoms with Crippen molar-refractivity contribution in [2.75, 3.05) is 0 Å². The molecule has 0 saturated carbocycles. The zero-order chi connectivity index (χ0) is 9.84. The largest absolute Gasteiger partial charge is 0.287 e. The number of carbonyl (C=O) groups is 1. The summed E-state index contributed by atoms with van der Waals surface area (Å²) in [5.74, 6) is 0.594. The molecule has 6 heteroatoms. The van der Waals surface area contributed by atoms with Crippen molar-refractivity contribution in [3.8, 4) is 0 Å². The smallest absolute Gasteiger partial charge is 0.189 e. The van der Waals surface area contributed by atoms with Crippen molar-refractivity contribution in [1.82, 2.24) is 20.2 Å². The predicted molar refractivity (Wildman–Crippen MR) is 50.4 cm³/mol. The molecule has 1 atom stereocenters. The van der Waals surface area contributed by atoms with Crippen LogP contribution in [0.4, 0.5) is 0 Å². The maximum atomic E-state index is 10.9.